The zero-order valence-corrected chi connectivity index (χ0v) is 14.4. The standard InChI is InChI=1S/C22H21NO3/c24-15-19-11-5-4-10-18(19)14-23-22(25)16-26-21-13-7-6-12-20(21)17-8-2-1-3-9-17/h1-13,24H,14-16H2,(H,23,25). The monoisotopic (exact) mass is 347 g/mol. The Bertz CT molecular complexity index is 862. The predicted molar refractivity (Wildman–Crippen MR) is 102 cm³/mol. The van der Waals surface area contributed by atoms with Gasteiger partial charge in [0.25, 0.3) is 5.91 Å². The Labute approximate surface area is 153 Å². The van der Waals surface area contributed by atoms with Crippen LogP contribution >= 0.6 is 0 Å². The molecule has 0 unspecified atom stereocenters. The number of benzene rings is 3. The quantitative estimate of drug-likeness (QED) is 0.687. The van der Waals surface area contributed by atoms with Gasteiger partial charge in [-0.15, -0.1) is 0 Å². The van der Waals surface area contributed by atoms with Gasteiger partial charge in [-0.3, -0.25) is 4.79 Å². The predicted octanol–water partition coefficient (Wildman–Crippen LogP) is 3.54. The van der Waals surface area contributed by atoms with Crippen LogP contribution in [0.25, 0.3) is 11.1 Å². The summed E-state index contributed by atoms with van der Waals surface area (Å²) in [6.45, 7) is 0.247. The second-order valence-electron chi connectivity index (χ2n) is 5.85. The zero-order chi connectivity index (χ0) is 18.2. The lowest BCUT2D eigenvalue weighted by Crippen LogP contribution is -2.28. The molecule has 0 aliphatic carbocycles. The van der Waals surface area contributed by atoms with Crippen molar-refractivity contribution in [3.63, 3.8) is 0 Å². The second kappa shape index (κ2) is 8.83. The van der Waals surface area contributed by atoms with Gasteiger partial charge in [0.1, 0.15) is 5.75 Å². The molecule has 0 bridgehead atoms. The summed E-state index contributed by atoms with van der Waals surface area (Å²) in [5.41, 5.74) is 3.70. The van der Waals surface area contributed by atoms with Gasteiger partial charge < -0.3 is 15.2 Å². The third kappa shape index (κ3) is 4.49. The average Bonchev–Trinajstić information content (AvgIpc) is 2.71. The number of hydrogen-bond donors (Lipinski definition) is 2. The molecular weight excluding hydrogens is 326 g/mol. The average molecular weight is 347 g/mol. The summed E-state index contributed by atoms with van der Waals surface area (Å²) >= 11 is 0. The first-order valence-electron chi connectivity index (χ1n) is 8.49. The number of rotatable bonds is 7. The molecule has 0 aliphatic rings. The van der Waals surface area contributed by atoms with Gasteiger partial charge in [-0.25, -0.2) is 0 Å². The first-order chi connectivity index (χ1) is 12.8. The maximum absolute atomic E-state index is 12.1. The van der Waals surface area contributed by atoms with Crippen molar-refractivity contribution in [3.05, 3.63) is 90.0 Å². The smallest absolute Gasteiger partial charge is 0.258 e. The van der Waals surface area contributed by atoms with Gasteiger partial charge in [0.2, 0.25) is 0 Å². The molecule has 4 heteroatoms. The van der Waals surface area contributed by atoms with E-state index < -0.39 is 0 Å². The zero-order valence-electron chi connectivity index (χ0n) is 14.4. The summed E-state index contributed by atoms with van der Waals surface area (Å²) < 4.78 is 5.74. The van der Waals surface area contributed by atoms with Crippen LogP contribution in [0.2, 0.25) is 0 Å². The lowest BCUT2D eigenvalue weighted by Gasteiger charge is -2.12. The third-order valence-corrected chi connectivity index (χ3v) is 4.10. The molecule has 0 saturated carbocycles. The van der Waals surface area contributed by atoms with Crippen LogP contribution in [0.5, 0.6) is 5.75 Å². The molecule has 0 atom stereocenters. The van der Waals surface area contributed by atoms with Crippen LogP contribution in [-0.4, -0.2) is 17.6 Å². The van der Waals surface area contributed by atoms with Crippen molar-refractivity contribution in [1.29, 1.82) is 0 Å². The minimum absolute atomic E-state index is 0.0486. The summed E-state index contributed by atoms with van der Waals surface area (Å²) in [5.74, 6) is 0.463. The molecule has 0 heterocycles. The highest BCUT2D eigenvalue weighted by Crippen LogP contribution is 2.29. The van der Waals surface area contributed by atoms with Gasteiger partial charge >= 0.3 is 0 Å². The molecule has 1 amide bonds. The van der Waals surface area contributed by atoms with E-state index >= 15 is 0 Å². The second-order valence-corrected chi connectivity index (χ2v) is 5.85. The van der Waals surface area contributed by atoms with Crippen LogP contribution in [0.4, 0.5) is 0 Å². The number of carbonyl (C=O) groups excluding carboxylic acids is 1. The largest absolute Gasteiger partial charge is 0.483 e. The first kappa shape index (κ1) is 17.7. The Morgan fingerprint density at radius 2 is 1.50 bits per heavy atom. The van der Waals surface area contributed by atoms with E-state index in [0.717, 1.165) is 22.3 Å². The van der Waals surface area contributed by atoms with Gasteiger partial charge in [-0.2, -0.15) is 0 Å². The number of carbonyl (C=O) groups is 1. The Morgan fingerprint density at radius 3 is 2.27 bits per heavy atom. The van der Waals surface area contributed by atoms with E-state index in [1.54, 1.807) is 0 Å². The molecule has 2 N–H and O–H groups in total. The number of hydrogen-bond acceptors (Lipinski definition) is 3. The van der Waals surface area contributed by atoms with Crippen LogP contribution in [0.1, 0.15) is 11.1 Å². The number of amides is 1. The van der Waals surface area contributed by atoms with Crippen molar-refractivity contribution in [2.45, 2.75) is 13.2 Å². The van der Waals surface area contributed by atoms with E-state index in [4.69, 9.17) is 4.74 Å². The first-order valence-corrected chi connectivity index (χ1v) is 8.49. The molecule has 0 fully saturated rings. The molecule has 26 heavy (non-hydrogen) atoms. The summed E-state index contributed by atoms with van der Waals surface area (Å²) in [6, 6.07) is 25.1. The van der Waals surface area contributed by atoms with E-state index in [1.165, 1.54) is 0 Å². The number of para-hydroxylation sites is 1. The van der Waals surface area contributed by atoms with Crippen LogP contribution in [0, 0.1) is 0 Å². The topological polar surface area (TPSA) is 58.6 Å². The molecule has 0 spiro atoms. The van der Waals surface area contributed by atoms with Gasteiger partial charge in [0.15, 0.2) is 6.61 Å². The Balaban J connectivity index is 1.60. The maximum atomic E-state index is 12.1. The summed E-state index contributed by atoms with van der Waals surface area (Å²) in [6.07, 6.45) is 0. The summed E-state index contributed by atoms with van der Waals surface area (Å²) in [5, 5.41) is 12.2. The number of aliphatic hydroxyl groups is 1. The molecule has 3 rings (SSSR count). The highest BCUT2D eigenvalue weighted by Gasteiger charge is 2.09. The summed E-state index contributed by atoms with van der Waals surface area (Å²) in [4.78, 5) is 12.1. The molecule has 0 radical (unpaired) electrons. The lowest BCUT2D eigenvalue weighted by molar-refractivity contribution is -0.123. The van der Waals surface area contributed by atoms with Crippen LogP contribution in [0.3, 0.4) is 0 Å². The fourth-order valence-corrected chi connectivity index (χ4v) is 2.72. The van der Waals surface area contributed by atoms with Gasteiger partial charge in [-0.1, -0.05) is 72.8 Å². The van der Waals surface area contributed by atoms with Gasteiger partial charge in [0, 0.05) is 12.1 Å². The lowest BCUT2D eigenvalue weighted by atomic mass is 10.1. The Kier molecular flexibility index (Phi) is 6.01. The van der Waals surface area contributed by atoms with E-state index in [9.17, 15) is 9.90 Å². The van der Waals surface area contributed by atoms with Crippen LogP contribution in [-0.2, 0) is 17.9 Å². The minimum Gasteiger partial charge on any atom is -0.483 e. The normalized spacial score (nSPS) is 10.3. The number of nitrogens with one attached hydrogen (secondary N) is 1. The van der Waals surface area contributed by atoms with Gasteiger partial charge in [0.05, 0.1) is 6.61 Å². The minimum atomic E-state index is -0.208. The maximum Gasteiger partial charge on any atom is 0.258 e. The fourth-order valence-electron chi connectivity index (χ4n) is 2.72. The van der Waals surface area contributed by atoms with Crippen molar-refractivity contribution in [2.75, 3.05) is 6.61 Å². The van der Waals surface area contributed by atoms with Gasteiger partial charge in [-0.05, 0) is 22.8 Å². The van der Waals surface area contributed by atoms with Crippen molar-refractivity contribution in [2.24, 2.45) is 0 Å². The molecule has 3 aromatic carbocycles. The SMILES string of the molecule is O=C(COc1ccccc1-c1ccccc1)NCc1ccccc1CO. The highest BCUT2D eigenvalue weighted by atomic mass is 16.5. The van der Waals surface area contributed by atoms with Crippen molar-refractivity contribution < 1.29 is 14.6 Å². The number of ether oxygens (including phenoxy) is 1. The van der Waals surface area contributed by atoms with E-state index in [0.29, 0.717) is 12.3 Å². The fraction of sp³-hybridized carbons (Fsp3) is 0.136. The van der Waals surface area contributed by atoms with Crippen LogP contribution in [0.15, 0.2) is 78.9 Å². The molecule has 0 aliphatic heterocycles. The Morgan fingerprint density at radius 1 is 0.846 bits per heavy atom. The third-order valence-electron chi connectivity index (χ3n) is 4.10. The molecule has 0 saturated heterocycles. The Hall–Kier alpha value is -3.11. The van der Waals surface area contributed by atoms with Crippen LogP contribution < -0.4 is 10.1 Å². The van der Waals surface area contributed by atoms with Crippen molar-refractivity contribution >= 4 is 5.91 Å². The number of aliphatic hydroxyl groups excluding tert-OH is 1. The van der Waals surface area contributed by atoms with E-state index in [1.807, 2.05) is 78.9 Å². The highest BCUT2D eigenvalue weighted by molar-refractivity contribution is 5.78. The van der Waals surface area contributed by atoms with E-state index in [2.05, 4.69) is 5.32 Å². The van der Waals surface area contributed by atoms with E-state index in [-0.39, 0.29) is 19.1 Å². The summed E-state index contributed by atoms with van der Waals surface area (Å²) in [7, 11) is 0. The van der Waals surface area contributed by atoms with Crippen molar-refractivity contribution in [1.82, 2.24) is 5.32 Å². The molecule has 132 valence electrons. The molecular formula is C22H21NO3. The van der Waals surface area contributed by atoms with Crippen molar-refractivity contribution in [3.8, 4) is 16.9 Å². The molecule has 3 aromatic rings. The molecule has 4 nitrogen and oxygen atoms in total. The molecule has 0 aromatic heterocycles.